The number of rotatable bonds is 3. The number of fused-ring (bicyclic) bond motifs is 1. The first kappa shape index (κ1) is 12.6. The lowest BCUT2D eigenvalue weighted by Gasteiger charge is -2.24. The van der Waals surface area contributed by atoms with Gasteiger partial charge in [0.05, 0.1) is 5.41 Å². The summed E-state index contributed by atoms with van der Waals surface area (Å²) in [5.41, 5.74) is 2.12. The number of nitrogens with one attached hydrogen (secondary N) is 1. The Hall–Kier alpha value is -1.84. The molecule has 2 N–H and O–H groups in total. The van der Waals surface area contributed by atoms with E-state index in [1.807, 2.05) is 18.2 Å². The van der Waals surface area contributed by atoms with Crippen LogP contribution < -0.4 is 5.32 Å². The van der Waals surface area contributed by atoms with Crippen molar-refractivity contribution in [2.24, 2.45) is 5.41 Å². The Labute approximate surface area is 106 Å². The SMILES string of the molecule is CC(C)(Cc1cccc2c1CCC(=O)N2)C(=O)O. The molecule has 18 heavy (non-hydrogen) atoms. The van der Waals surface area contributed by atoms with Crippen LogP contribution in [-0.4, -0.2) is 17.0 Å². The maximum absolute atomic E-state index is 11.3. The number of hydrogen-bond donors (Lipinski definition) is 2. The Bertz CT molecular complexity index is 506. The van der Waals surface area contributed by atoms with E-state index in [1.165, 1.54) is 0 Å². The van der Waals surface area contributed by atoms with E-state index < -0.39 is 11.4 Å². The van der Waals surface area contributed by atoms with Crippen LogP contribution in [-0.2, 0) is 22.4 Å². The summed E-state index contributed by atoms with van der Waals surface area (Å²) in [5.74, 6) is -0.780. The fourth-order valence-electron chi connectivity index (χ4n) is 2.22. The van der Waals surface area contributed by atoms with Gasteiger partial charge in [0.15, 0.2) is 0 Å². The zero-order valence-electron chi connectivity index (χ0n) is 10.6. The number of aliphatic carboxylic acids is 1. The van der Waals surface area contributed by atoms with E-state index in [1.54, 1.807) is 13.8 Å². The summed E-state index contributed by atoms with van der Waals surface area (Å²) >= 11 is 0. The molecule has 0 saturated carbocycles. The Morgan fingerprint density at radius 1 is 1.39 bits per heavy atom. The first-order valence-electron chi connectivity index (χ1n) is 6.04. The monoisotopic (exact) mass is 247 g/mol. The molecule has 2 rings (SSSR count). The van der Waals surface area contributed by atoms with Gasteiger partial charge in [-0.05, 0) is 43.9 Å². The van der Waals surface area contributed by atoms with E-state index in [0.29, 0.717) is 19.3 Å². The normalized spacial score (nSPS) is 14.9. The minimum Gasteiger partial charge on any atom is -0.481 e. The third-order valence-corrected chi connectivity index (χ3v) is 3.36. The lowest BCUT2D eigenvalue weighted by atomic mass is 9.82. The summed E-state index contributed by atoms with van der Waals surface area (Å²) in [5, 5.41) is 12.0. The molecule has 1 amide bonds. The molecule has 0 saturated heterocycles. The highest BCUT2D eigenvalue weighted by molar-refractivity contribution is 5.94. The molecule has 0 unspecified atom stereocenters. The van der Waals surface area contributed by atoms with Crippen LogP contribution in [0.3, 0.4) is 0 Å². The molecule has 0 fully saturated rings. The minimum atomic E-state index is -0.806. The quantitative estimate of drug-likeness (QED) is 0.860. The van der Waals surface area contributed by atoms with E-state index in [4.69, 9.17) is 0 Å². The van der Waals surface area contributed by atoms with E-state index >= 15 is 0 Å². The van der Waals surface area contributed by atoms with Crippen LogP contribution in [0.5, 0.6) is 0 Å². The summed E-state index contributed by atoms with van der Waals surface area (Å²) in [6.07, 6.45) is 1.63. The molecule has 1 heterocycles. The van der Waals surface area contributed by atoms with Crippen molar-refractivity contribution < 1.29 is 14.7 Å². The van der Waals surface area contributed by atoms with Crippen LogP contribution in [0.25, 0.3) is 0 Å². The van der Waals surface area contributed by atoms with Gasteiger partial charge >= 0.3 is 5.97 Å². The van der Waals surface area contributed by atoms with Gasteiger partial charge in [0.1, 0.15) is 0 Å². The second kappa shape index (κ2) is 4.44. The van der Waals surface area contributed by atoms with Gasteiger partial charge < -0.3 is 10.4 Å². The molecule has 1 aromatic rings. The smallest absolute Gasteiger partial charge is 0.309 e. The zero-order valence-corrected chi connectivity index (χ0v) is 10.6. The molecule has 0 bridgehead atoms. The van der Waals surface area contributed by atoms with E-state index in [0.717, 1.165) is 16.8 Å². The predicted molar refractivity (Wildman–Crippen MR) is 68.5 cm³/mol. The van der Waals surface area contributed by atoms with Crippen molar-refractivity contribution >= 4 is 17.6 Å². The van der Waals surface area contributed by atoms with Crippen LogP contribution in [0, 0.1) is 5.41 Å². The standard InChI is InChI=1S/C14H17NO3/c1-14(2,13(17)18)8-9-4-3-5-11-10(9)6-7-12(16)15-11/h3-5H,6-8H2,1-2H3,(H,15,16)(H,17,18). The largest absolute Gasteiger partial charge is 0.481 e. The molecule has 0 radical (unpaired) electrons. The van der Waals surface area contributed by atoms with Gasteiger partial charge in [-0.25, -0.2) is 0 Å². The highest BCUT2D eigenvalue weighted by Crippen LogP contribution is 2.30. The van der Waals surface area contributed by atoms with Crippen LogP contribution in [0.2, 0.25) is 0 Å². The first-order chi connectivity index (χ1) is 8.40. The number of carboxylic acid groups (broad SMARTS) is 1. The van der Waals surface area contributed by atoms with E-state index in [2.05, 4.69) is 5.32 Å². The van der Waals surface area contributed by atoms with E-state index in [-0.39, 0.29) is 5.91 Å². The third-order valence-electron chi connectivity index (χ3n) is 3.36. The molecule has 0 spiro atoms. The van der Waals surface area contributed by atoms with Crippen molar-refractivity contribution in [2.45, 2.75) is 33.1 Å². The molecule has 0 atom stereocenters. The Balaban J connectivity index is 2.33. The number of carbonyl (C=O) groups is 2. The van der Waals surface area contributed by atoms with Gasteiger partial charge in [-0.3, -0.25) is 9.59 Å². The zero-order chi connectivity index (χ0) is 13.3. The van der Waals surface area contributed by atoms with Crippen molar-refractivity contribution in [2.75, 3.05) is 5.32 Å². The van der Waals surface area contributed by atoms with Gasteiger partial charge in [0.25, 0.3) is 0 Å². The molecule has 1 aromatic carbocycles. The second-order valence-electron chi connectivity index (χ2n) is 5.36. The minimum absolute atomic E-state index is 0.0251. The first-order valence-corrected chi connectivity index (χ1v) is 6.04. The Morgan fingerprint density at radius 2 is 2.11 bits per heavy atom. The van der Waals surface area contributed by atoms with Crippen LogP contribution in [0.1, 0.15) is 31.4 Å². The highest BCUT2D eigenvalue weighted by atomic mass is 16.4. The van der Waals surface area contributed by atoms with Gasteiger partial charge in [0.2, 0.25) is 5.91 Å². The number of anilines is 1. The Morgan fingerprint density at radius 3 is 2.78 bits per heavy atom. The number of carbonyl (C=O) groups excluding carboxylic acids is 1. The van der Waals surface area contributed by atoms with Crippen molar-refractivity contribution in [1.29, 1.82) is 0 Å². The van der Waals surface area contributed by atoms with Gasteiger partial charge in [-0.2, -0.15) is 0 Å². The average Bonchev–Trinajstić information content (AvgIpc) is 2.28. The fourth-order valence-corrected chi connectivity index (χ4v) is 2.22. The third kappa shape index (κ3) is 2.37. The van der Waals surface area contributed by atoms with Crippen molar-refractivity contribution in [3.8, 4) is 0 Å². The molecule has 0 aromatic heterocycles. The van der Waals surface area contributed by atoms with Crippen molar-refractivity contribution in [3.63, 3.8) is 0 Å². The van der Waals surface area contributed by atoms with Gasteiger partial charge in [0, 0.05) is 12.1 Å². The lowest BCUT2D eigenvalue weighted by Crippen LogP contribution is -2.28. The predicted octanol–water partition coefficient (Wildman–Crippen LogP) is 2.22. The molecule has 1 aliphatic rings. The average molecular weight is 247 g/mol. The van der Waals surface area contributed by atoms with E-state index in [9.17, 15) is 14.7 Å². The summed E-state index contributed by atoms with van der Waals surface area (Å²) < 4.78 is 0. The van der Waals surface area contributed by atoms with Gasteiger partial charge in [-0.1, -0.05) is 12.1 Å². The number of amides is 1. The maximum atomic E-state index is 11.3. The maximum Gasteiger partial charge on any atom is 0.309 e. The fraction of sp³-hybridized carbons (Fsp3) is 0.429. The second-order valence-corrected chi connectivity index (χ2v) is 5.36. The summed E-state index contributed by atoms with van der Waals surface area (Å²) in [6.45, 7) is 3.44. The molecular formula is C14H17NO3. The van der Waals surface area contributed by atoms with Crippen molar-refractivity contribution in [1.82, 2.24) is 0 Å². The molecule has 4 nitrogen and oxygen atoms in total. The summed E-state index contributed by atoms with van der Waals surface area (Å²) in [6, 6.07) is 5.67. The molecular weight excluding hydrogens is 230 g/mol. The molecule has 1 aliphatic heterocycles. The van der Waals surface area contributed by atoms with Crippen LogP contribution in [0.15, 0.2) is 18.2 Å². The molecule has 4 heteroatoms. The molecule has 96 valence electrons. The number of carboxylic acids is 1. The highest BCUT2D eigenvalue weighted by Gasteiger charge is 2.29. The van der Waals surface area contributed by atoms with Crippen LogP contribution in [0.4, 0.5) is 5.69 Å². The lowest BCUT2D eigenvalue weighted by molar-refractivity contribution is -0.146. The Kier molecular flexibility index (Phi) is 3.11. The summed E-state index contributed by atoms with van der Waals surface area (Å²) in [4.78, 5) is 22.5. The van der Waals surface area contributed by atoms with Crippen LogP contribution >= 0.6 is 0 Å². The number of benzene rings is 1. The topological polar surface area (TPSA) is 66.4 Å². The van der Waals surface area contributed by atoms with Gasteiger partial charge in [-0.15, -0.1) is 0 Å². The molecule has 0 aliphatic carbocycles. The summed E-state index contributed by atoms with van der Waals surface area (Å²) in [7, 11) is 0. The number of hydrogen-bond acceptors (Lipinski definition) is 2. The van der Waals surface area contributed by atoms with Crippen molar-refractivity contribution in [3.05, 3.63) is 29.3 Å².